The molecule has 144 valence electrons. The van der Waals surface area contributed by atoms with E-state index in [1.54, 1.807) is 38.3 Å². The molecule has 3 aromatic rings. The van der Waals surface area contributed by atoms with Gasteiger partial charge in [0.2, 0.25) is 17.7 Å². The highest BCUT2D eigenvalue weighted by Crippen LogP contribution is 2.25. The summed E-state index contributed by atoms with van der Waals surface area (Å²) in [5.41, 5.74) is 2.54. The first-order valence-corrected chi connectivity index (χ1v) is 8.73. The van der Waals surface area contributed by atoms with Gasteiger partial charge in [-0.15, -0.1) is 0 Å². The lowest BCUT2D eigenvalue weighted by atomic mass is 10.2. The minimum Gasteiger partial charge on any atom is -0.497 e. The Bertz CT molecular complexity index is 1010. The largest absolute Gasteiger partial charge is 0.497 e. The highest BCUT2D eigenvalue weighted by Gasteiger charge is 2.15. The number of amides is 2. The number of anilines is 2. The summed E-state index contributed by atoms with van der Waals surface area (Å²) >= 11 is 0. The third kappa shape index (κ3) is 4.76. The fraction of sp³-hybridized carbons (Fsp3) is 0.190. The zero-order valence-corrected chi connectivity index (χ0v) is 15.9. The molecular formula is C21H21N3O4. The first kappa shape index (κ1) is 19.2. The second kappa shape index (κ2) is 8.39. The molecular weight excluding hydrogens is 358 g/mol. The monoisotopic (exact) mass is 379 g/mol. The fourth-order valence-electron chi connectivity index (χ4n) is 2.71. The molecule has 0 radical (unpaired) electrons. The summed E-state index contributed by atoms with van der Waals surface area (Å²) in [6.45, 7) is 3.20. The van der Waals surface area contributed by atoms with Gasteiger partial charge in [-0.1, -0.05) is 12.1 Å². The van der Waals surface area contributed by atoms with Gasteiger partial charge >= 0.3 is 0 Å². The van der Waals surface area contributed by atoms with Crippen LogP contribution >= 0.6 is 0 Å². The third-order valence-electron chi connectivity index (χ3n) is 4.00. The van der Waals surface area contributed by atoms with E-state index in [4.69, 9.17) is 9.15 Å². The van der Waals surface area contributed by atoms with Gasteiger partial charge in [-0.3, -0.25) is 9.59 Å². The molecule has 0 saturated carbocycles. The number of nitrogens with zero attached hydrogens (tertiary/aromatic N) is 1. The molecule has 0 aliphatic rings. The molecule has 0 fully saturated rings. The lowest BCUT2D eigenvalue weighted by Gasteiger charge is -2.07. The fourth-order valence-corrected chi connectivity index (χ4v) is 2.71. The van der Waals surface area contributed by atoms with Crippen LogP contribution in [0.3, 0.4) is 0 Å². The summed E-state index contributed by atoms with van der Waals surface area (Å²) in [7, 11) is 1.59. The Morgan fingerprint density at radius 3 is 2.50 bits per heavy atom. The van der Waals surface area contributed by atoms with Crippen molar-refractivity contribution in [3.05, 3.63) is 60.0 Å². The van der Waals surface area contributed by atoms with Crippen LogP contribution in [0.25, 0.3) is 11.5 Å². The molecule has 0 spiro atoms. The molecule has 7 heteroatoms. The van der Waals surface area contributed by atoms with Gasteiger partial charge in [0.05, 0.1) is 19.2 Å². The molecule has 0 aliphatic heterocycles. The molecule has 2 N–H and O–H groups in total. The van der Waals surface area contributed by atoms with Gasteiger partial charge in [0, 0.05) is 23.9 Å². The maximum Gasteiger partial charge on any atom is 0.230 e. The number of carbonyl (C=O) groups is 2. The van der Waals surface area contributed by atoms with E-state index in [-0.39, 0.29) is 18.2 Å². The Balaban J connectivity index is 1.71. The van der Waals surface area contributed by atoms with Crippen molar-refractivity contribution in [3.8, 4) is 17.2 Å². The predicted molar refractivity (Wildman–Crippen MR) is 106 cm³/mol. The minimum atomic E-state index is -0.228. The second-order valence-corrected chi connectivity index (χ2v) is 6.24. The van der Waals surface area contributed by atoms with E-state index in [2.05, 4.69) is 15.6 Å². The summed E-state index contributed by atoms with van der Waals surface area (Å²) in [6, 6.07) is 14.3. The Kier molecular flexibility index (Phi) is 5.74. The summed E-state index contributed by atoms with van der Waals surface area (Å²) in [5, 5.41) is 5.49. The van der Waals surface area contributed by atoms with Crippen LogP contribution in [0.1, 0.15) is 18.4 Å². The van der Waals surface area contributed by atoms with Crippen molar-refractivity contribution >= 4 is 23.2 Å². The predicted octanol–water partition coefficient (Wildman–Crippen LogP) is 3.80. The molecule has 1 aromatic heterocycles. The van der Waals surface area contributed by atoms with Gasteiger partial charge < -0.3 is 19.8 Å². The van der Waals surface area contributed by atoms with Crippen molar-refractivity contribution in [2.24, 2.45) is 0 Å². The Morgan fingerprint density at radius 2 is 1.79 bits per heavy atom. The number of ether oxygens (including phenoxy) is 1. The van der Waals surface area contributed by atoms with E-state index in [0.29, 0.717) is 34.5 Å². The average molecular weight is 379 g/mol. The van der Waals surface area contributed by atoms with Crippen molar-refractivity contribution < 1.29 is 18.7 Å². The van der Waals surface area contributed by atoms with Gasteiger partial charge in [-0.05, 0) is 43.3 Å². The SMILES string of the molecule is COc1cccc(-c2nc(CC(=O)Nc3cccc(NC(C)=O)c3)c(C)o2)c1. The standard InChI is InChI=1S/C21H21N3O4/c1-13-19(24-21(28-13)15-6-4-9-18(10-15)27-3)12-20(26)23-17-8-5-7-16(11-17)22-14(2)25/h4-11H,12H2,1-3H3,(H,22,25)(H,23,26). The molecule has 0 aliphatic carbocycles. The van der Waals surface area contributed by atoms with Crippen molar-refractivity contribution in [2.45, 2.75) is 20.3 Å². The zero-order chi connectivity index (χ0) is 20.1. The molecule has 0 atom stereocenters. The van der Waals surface area contributed by atoms with E-state index in [0.717, 1.165) is 5.56 Å². The number of nitrogens with one attached hydrogen (secondary N) is 2. The van der Waals surface area contributed by atoms with Crippen LogP contribution in [-0.4, -0.2) is 23.9 Å². The van der Waals surface area contributed by atoms with Crippen LogP contribution in [0.15, 0.2) is 52.9 Å². The molecule has 7 nitrogen and oxygen atoms in total. The summed E-state index contributed by atoms with van der Waals surface area (Å²) in [6.07, 6.45) is 0.0731. The highest BCUT2D eigenvalue weighted by molar-refractivity contribution is 5.94. The maximum absolute atomic E-state index is 12.4. The highest BCUT2D eigenvalue weighted by atomic mass is 16.5. The van der Waals surface area contributed by atoms with E-state index in [1.807, 2.05) is 24.3 Å². The first-order valence-electron chi connectivity index (χ1n) is 8.73. The van der Waals surface area contributed by atoms with Crippen LogP contribution in [0.5, 0.6) is 5.75 Å². The summed E-state index contributed by atoms with van der Waals surface area (Å²) < 4.78 is 10.9. The number of benzene rings is 2. The Labute approximate surface area is 162 Å². The number of rotatable bonds is 6. The van der Waals surface area contributed by atoms with Gasteiger partial charge in [0.15, 0.2) is 0 Å². The molecule has 2 amide bonds. The number of methoxy groups -OCH3 is 1. The lowest BCUT2D eigenvalue weighted by Crippen LogP contribution is -2.15. The topological polar surface area (TPSA) is 93.5 Å². The molecule has 3 rings (SSSR count). The van der Waals surface area contributed by atoms with Crippen molar-refractivity contribution in [1.82, 2.24) is 4.98 Å². The number of aromatic nitrogens is 1. The van der Waals surface area contributed by atoms with E-state index in [1.165, 1.54) is 6.92 Å². The van der Waals surface area contributed by atoms with Gasteiger partial charge in [-0.25, -0.2) is 4.98 Å². The van der Waals surface area contributed by atoms with E-state index in [9.17, 15) is 9.59 Å². The van der Waals surface area contributed by atoms with Crippen LogP contribution < -0.4 is 15.4 Å². The summed E-state index contributed by atoms with van der Waals surface area (Å²) in [5.74, 6) is 1.32. The smallest absolute Gasteiger partial charge is 0.230 e. The van der Waals surface area contributed by atoms with Crippen LogP contribution in [-0.2, 0) is 16.0 Å². The van der Waals surface area contributed by atoms with E-state index >= 15 is 0 Å². The van der Waals surface area contributed by atoms with Crippen molar-refractivity contribution in [1.29, 1.82) is 0 Å². The average Bonchev–Trinajstić information content (AvgIpc) is 3.02. The number of aryl methyl sites for hydroxylation is 1. The Morgan fingerprint density at radius 1 is 1.07 bits per heavy atom. The third-order valence-corrected chi connectivity index (χ3v) is 4.00. The maximum atomic E-state index is 12.4. The normalized spacial score (nSPS) is 10.4. The number of hydrogen-bond acceptors (Lipinski definition) is 5. The first-order chi connectivity index (χ1) is 13.4. The second-order valence-electron chi connectivity index (χ2n) is 6.24. The van der Waals surface area contributed by atoms with Crippen molar-refractivity contribution in [2.75, 3.05) is 17.7 Å². The molecule has 0 bridgehead atoms. The van der Waals surface area contributed by atoms with Crippen LogP contribution in [0.4, 0.5) is 11.4 Å². The number of oxazole rings is 1. The van der Waals surface area contributed by atoms with Crippen LogP contribution in [0.2, 0.25) is 0 Å². The molecule has 1 heterocycles. The minimum absolute atomic E-state index is 0.0731. The molecule has 0 unspecified atom stereocenters. The quantitative estimate of drug-likeness (QED) is 0.679. The van der Waals surface area contributed by atoms with Crippen LogP contribution in [0, 0.1) is 6.92 Å². The molecule has 28 heavy (non-hydrogen) atoms. The number of hydrogen-bond donors (Lipinski definition) is 2. The van der Waals surface area contributed by atoms with Gasteiger partial charge in [0.1, 0.15) is 11.5 Å². The van der Waals surface area contributed by atoms with E-state index < -0.39 is 0 Å². The van der Waals surface area contributed by atoms with Gasteiger partial charge in [0.25, 0.3) is 0 Å². The number of carbonyl (C=O) groups excluding carboxylic acids is 2. The summed E-state index contributed by atoms with van der Waals surface area (Å²) in [4.78, 5) is 28.0. The van der Waals surface area contributed by atoms with Gasteiger partial charge in [-0.2, -0.15) is 0 Å². The lowest BCUT2D eigenvalue weighted by molar-refractivity contribution is -0.116. The van der Waals surface area contributed by atoms with Crippen molar-refractivity contribution in [3.63, 3.8) is 0 Å². The molecule has 0 saturated heterocycles. The zero-order valence-electron chi connectivity index (χ0n) is 15.9. The molecule has 2 aromatic carbocycles. The Hall–Kier alpha value is -3.61.